The average Bonchev–Trinajstić information content (AvgIpc) is 3.23. The summed E-state index contributed by atoms with van der Waals surface area (Å²) in [6, 6.07) is 15.2. The first-order valence-corrected chi connectivity index (χ1v) is 11.3. The van der Waals surface area contributed by atoms with Gasteiger partial charge >= 0.3 is 0 Å². The Morgan fingerprint density at radius 1 is 1.00 bits per heavy atom. The van der Waals surface area contributed by atoms with Crippen LogP contribution in [0, 0.1) is 0 Å². The van der Waals surface area contributed by atoms with Crippen LogP contribution in [0.3, 0.4) is 0 Å². The van der Waals surface area contributed by atoms with E-state index in [1.807, 2.05) is 47.4 Å². The third kappa shape index (κ3) is 5.35. The molecular formula is C21H20Cl2N4O2S. The number of hydrogen-bond donors (Lipinski definition) is 0. The Morgan fingerprint density at radius 2 is 1.73 bits per heavy atom. The van der Waals surface area contributed by atoms with Gasteiger partial charge in [0.05, 0.1) is 16.3 Å². The predicted octanol–water partition coefficient (Wildman–Crippen LogP) is 4.48. The van der Waals surface area contributed by atoms with Crippen molar-refractivity contribution in [3.63, 3.8) is 0 Å². The highest BCUT2D eigenvalue weighted by molar-refractivity contribution is 7.99. The van der Waals surface area contributed by atoms with E-state index in [4.69, 9.17) is 27.6 Å². The molecule has 6 nitrogen and oxygen atoms in total. The second-order valence-corrected chi connectivity index (χ2v) is 8.70. The molecule has 2 heterocycles. The molecule has 1 amide bonds. The first-order chi connectivity index (χ1) is 14.6. The van der Waals surface area contributed by atoms with E-state index in [1.54, 1.807) is 6.07 Å². The van der Waals surface area contributed by atoms with E-state index in [1.165, 1.54) is 17.3 Å². The largest absolute Gasteiger partial charge is 0.411 e. The highest BCUT2D eigenvalue weighted by Gasteiger charge is 2.22. The molecule has 0 N–H and O–H groups in total. The Balaban J connectivity index is 1.24. The number of nitrogens with zero attached hydrogens (tertiary/aromatic N) is 4. The second-order valence-electron chi connectivity index (χ2n) is 6.93. The standard InChI is InChI=1S/C21H20Cl2N4O2S/c22-16-7-5-15(6-8-16)13-26-9-11-27(12-10-26)19(28)14-30-21-25-24-20(29-21)17-3-1-2-4-18(17)23/h1-8H,9-14H2. The lowest BCUT2D eigenvalue weighted by Crippen LogP contribution is -2.48. The second kappa shape index (κ2) is 9.83. The van der Waals surface area contributed by atoms with Crippen molar-refractivity contribution in [3.8, 4) is 11.5 Å². The van der Waals surface area contributed by atoms with Crippen molar-refractivity contribution in [2.24, 2.45) is 0 Å². The summed E-state index contributed by atoms with van der Waals surface area (Å²) in [5.41, 5.74) is 1.90. The van der Waals surface area contributed by atoms with E-state index in [0.717, 1.165) is 24.7 Å². The monoisotopic (exact) mass is 462 g/mol. The molecule has 3 aromatic rings. The van der Waals surface area contributed by atoms with Crippen LogP contribution in [0.2, 0.25) is 10.0 Å². The predicted molar refractivity (Wildman–Crippen MR) is 119 cm³/mol. The molecule has 4 rings (SSSR count). The molecule has 2 aromatic carbocycles. The van der Waals surface area contributed by atoms with Crippen LogP contribution in [0.25, 0.3) is 11.5 Å². The number of carbonyl (C=O) groups excluding carboxylic acids is 1. The molecular weight excluding hydrogens is 443 g/mol. The molecule has 0 radical (unpaired) electrons. The number of rotatable bonds is 6. The van der Waals surface area contributed by atoms with Crippen LogP contribution in [-0.2, 0) is 11.3 Å². The van der Waals surface area contributed by atoms with Gasteiger partial charge in [-0.3, -0.25) is 9.69 Å². The zero-order chi connectivity index (χ0) is 20.9. The van der Waals surface area contributed by atoms with Gasteiger partial charge in [-0.2, -0.15) is 0 Å². The lowest BCUT2D eigenvalue weighted by Gasteiger charge is -2.34. The highest BCUT2D eigenvalue weighted by Crippen LogP contribution is 2.28. The number of benzene rings is 2. The van der Waals surface area contributed by atoms with Crippen LogP contribution in [0.5, 0.6) is 0 Å². The van der Waals surface area contributed by atoms with Gasteiger partial charge in [-0.25, -0.2) is 0 Å². The van der Waals surface area contributed by atoms with Crippen LogP contribution in [-0.4, -0.2) is 57.8 Å². The van der Waals surface area contributed by atoms with E-state index < -0.39 is 0 Å². The maximum Gasteiger partial charge on any atom is 0.277 e. The van der Waals surface area contributed by atoms with Gasteiger partial charge < -0.3 is 9.32 Å². The molecule has 156 valence electrons. The molecule has 0 saturated carbocycles. The number of halogens is 2. The van der Waals surface area contributed by atoms with E-state index in [-0.39, 0.29) is 11.7 Å². The number of hydrogen-bond acceptors (Lipinski definition) is 6. The average molecular weight is 463 g/mol. The van der Waals surface area contributed by atoms with Crippen LogP contribution >= 0.6 is 35.0 Å². The molecule has 1 aromatic heterocycles. The number of piperazine rings is 1. The lowest BCUT2D eigenvalue weighted by molar-refractivity contribution is -0.130. The molecule has 30 heavy (non-hydrogen) atoms. The Kier molecular flexibility index (Phi) is 6.94. The van der Waals surface area contributed by atoms with Crippen molar-refractivity contribution < 1.29 is 9.21 Å². The van der Waals surface area contributed by atoms with Crippen molar-refractivity contribution >= 4 is 40.9 Å². The Labute approximate surface area is 189 Å². The van der Waals surface area contributed by atoms with Gasteiger partial charge in [-0.15, -0.1) is 10.2 Å². The van der Waals surface area contributed by atoms with Gasteiger partial charge in [-0.05, 0) is 29.8 Å². The van der Waals surface area contributed by atoms with Crippen LogP contribution in [0.15, 0.2) is 58.2 Å². The summed E-state index contributed by atoms with van der Waals surface area (Å²) >= 11 is 13.4. The summed E-state index contributed by atoms with van der Waals surface area (Å²) in [7, 11) is 0. The van der Waals surface area contributed by atoms with E-state index in [2.05, 4.69) is 15.1 Å². The van der Waals surface area contributed by atoms with Gasteiger partial charge in [0.1, 0.15) is 0 Å². The molecule has 9 heteroatoms. The number of thioether (sulfide) groups is 1. The zero-order valence-corrected chi connectivity index (χ0v) is 18.5. The summed E-state index contributed by atoms with van der Waals surface area (Å²) < 4.78 is 5.65. The number of aromatic nitrogens is 2. The molecule has 0 unspecified atom stereocenters. The SMILES string of the molecule is O=C(CSc1nnc(-c2ccccc2Cl)o1)N1CCN(Cc2ccc(Cl)cc2)CC1. The Bertz CT molecular complexity index is 1000. The smallest absolute Gasteiger partial charge is 0.277 e. The molecule has 1 aliphatic rings. The van der Waals surface area contributed by atoms with Crippen molar-refractivity contribution in [1.29, 1.82) is 0 Å². The van der Waals surface area contributed by atoms with E-state index in [0.29, 0.717) is 34.8 Å². The van der Waals surface area contributed by atoms with Gasteiger partial charge in [0, 0.05) is 37.7 Å². The van der Waals surface area contributed by atoms with Gasteiger partial charge in [-0.1, -0.05) is 59.2 Å². The fraction of sp³-hybridized carbons (Fsp3) is 0.286. The van der Waals surface area contributed by atoms with Crippen LogP contribution < -0.4 is 0 Å². The summed E-state index contributed by atoms with van der Waals surface area (Å²) in [5, 5.41) is 9.70. The molecule has 0 spiro atoms. The van der Waals surface area contributed by atoms with Crippen molar-refractivity contribution in [2.45, 2.75) is 11.8 Å². The maximum absolute atomic E-state index is 12.6. The fourth-order valence-corrected chi connectivity index (χ4v) is 4.24. The molecule has 1 aliphatic heterocycles. The molecule has 0 atom stereocenters. The summed E-state index contributed by atoms with van der Waals surface area (Å²) in [6.45, 7) is 3.97. The molecule has 1 saturated heterocycles. The minimum absolute atomic E-state index is 0.0728. The zero-order valence-electron chi connectivity index (χ0n) is 16.1. The van der Waals surface area contributed by atoms with Gasteiger partial charge in [0.2, 0.25) is 11.8 Å². The minimum atomic E-state index is 0.0728. The van der Waals surface area contributed by atoms with Crippen LogP contribution in [0.1, 0.15) is 5.56 Å². The summed E-state index contributed by atoms with van der Waals surface area (Å²) in [4.78, 5) is 16.8. The number of carbonyl (C=O) groups is 1. The third-order valence-corrected chi connectivity index (χ3v) is 6.26. The molecule has 1 fully saturated rings. The van der Waals surface area contributed by atoms with Crippen molar-refractivity contribution in [3.05, 3.63) is 64.1 Å². The van der Waals surface area contributed by atoms with E-state index in [9.17, 15) is 4.79 Å². The summed E-state index contributed by atoms with van der Waals surface area (Å²) in [5.74, 6) is 0.691. The van der Waals surface area contributed by atoms with Crippen LogP contribution in [0.4, 0.5) is 0 Å². The fourth-order valence-electron chi connectivity index (χ4n) is 3.23. The quantitative estimate of drug-likeness (QED) is 0.503. The Morgan fingerprint density at radius 3 is 2.47 bits per heavy atom. The summed E-state index contributed by atoms with van der Waals surface area (Å²) in [6.07, 6.45) is 0. The first kappa shape index (κ1) is 21.2. The van der Waals surface area contributed by atoms with E-state index >= 15 is 0 Å². The van der Waals surface area contributed by atoms with Crippen molar-refractivity contribution in [2.75, 3.05) is 31.9 Å². The lowest BCUT2D eigenvalue weighted by atomic mass is 10.2. The normalized spacial score (nSPS) is 14.8. The first-order valence-electron chi connectivity index (χ1n) is 9.54. The van der Waals surface area contributed by atoms with Crippen molar-refractivity contribution in [1.82, 2.24) is 20.0 Å². The third-order valence-electron chi connectivity index (χ3n) is 4.87. The minimum Gasteiger partial charge on any atom is -0.411 e. The Hall–Kier alpha value is -2.06. The van der Waals surface area contributed by atoms with Gasteiger partial charge in [0.15, 0.2) is 0 Å². The van der Waals surface area contributed by atoms with Gasteiger partial charge in [0.25, 0.3) is 5.22 Å². The topological polar surface area (TPSA) is 62.5 Å². The molecule has 0 bridgehead atoms. The number of amides is 1. The highest BCUT2D eigenvalue weighted by atomic mass is 35.5. The maximum atomic E-state index is 12.6. The molecule has 0 aliphatic carbocycles.